The summed E-state index contributed by atoms with van der Waals surface area (Å²) in [4.78, 5) is 17.2. The molecule has 2 N–H and O–H groups in total. The number of pyridine rings is 1. The first kappa shape index (κ1) is 17.7. The van der Waals surface area contributed by atoms with Crippen LogP contribution >= 0.6 is 0 Å². The Bertz CT molecular complexity index is 711. The van der Waals surface area contributed by atoms with Gasteiger partial charge in [0, 0.05) is 24.0 Å². The van der Waals surface area contributed by atoms with Crippen molar-refractivity contribution in [3.63, 3.8) is 0 Å². The Balaban J connectivity index is 1.78. The van der Waals surface area contributed by atoms with Gasteiger partial charge >= 0.3 is 0 Å². The van der Waals surface area contributed by atoms with Gasteiger partial charge in [-0.25, -0.2) is 4.98 Å². The molecule has 5 nitrogen and oxygen atoms in total. The third-order valence-corrected chi connectivity index (χ3v) is 4.55. The smallest absolute Gasteiger partial charge is 0.270 e. The lowest BCUT2D eigenvalue weighted by Gasteiger charge is -2.23. The summed E-state index contributed by atoms with van der Waals surface area (Å²) in [5.74, 6) is 0.617. The molecule has 1 amide bonds. The van der Waals surface area contributed by atoms with Crippen molar-refractivity contribution in [2.45, 2.75) is 45.1 Å². The molecule has 0 saturated carbocycles. The highest BCUT2D eigenvalue weighted by Crippen LogP contribution is 2.26. The monoisotopic (exact) mass is 341 g/mol. The maximum absolute atomic E-state index is 12.6. The highest BCUT2D eigenvalue weighted by atomic mass is 16.5. The second kappa shape index (κ2) is 8.81. The Hall–Kier alpha value is -2.14. The second-order valence-corrected chi connectivity index (χ2v) is 6.60. The van der Waals surface area contributed by atoms with Gasteiger partial charge in [-0.05, 0) is 37.9 Å². The number of hydrogen-bond acceptors (Lipinski definition) is 4. The van der Waals surface area contributed by atoms with Gasteiger partial charge in [-0.15, -0.1) is 0 Å². The third-order valence-electron chi connectivity index (χ3n) is 4.55. The number of piperidine rings is 1. The van der Waals surface area contributed by atoms with Gasteiger partial charge in [-0.3, -0.25) is 4.79 Å². The first-order valence-corrected chi connectivity index (χ1v) is 9.32. The van der Waals surface area contributed by atoms with E-state index in [1.807, 2.05) is 24.3 Å². The van der Waals surface area contributed by atoms with Gasteiger partial charge in [0.15, 0.2) is 0 Å². The average molecular weight is 341 g/mol. The maximum atomic E-state index is 12.6. The lowest BCUT2D eigenvalue weighted by atomic mass is 10.1. The summed E-state index contributed by atoms with van der Waals surface area (Å²) < 4.78 is 5.97. The summed E-state index contributed by atoms with van der Waals surface area (Å²) in [6.45, 7) is 4.68. The first-order valence-electron chi connectivity index (χ1n) is 9.32. The molecule has 0 radical (unpaired) electrons. The van der Waals surface area contributed by atoms with Gasteiger partial charge in [-0.2, -0.15) is 0 Å². The molecule has 0 bridgehead atoms. The van der Waals surface area contributed by atoms with Crippen LogP contribution in [0.25, 0.3) is 10.9 Å². The zero-order valence-electron chi connectivity index (χ0n) is 14.9. The summed E-state index contributed by atoms with van der Waals surface area (Å²) >= 11 is 0. The molecule has 3 rings (SSSR count). The molecule has 1 saturated heterocycles. The highest BCUT2D eigenvalue weighted by molar-refractivity contribution is 5.97. The molecule has 0 aliphatic carbocycles. The number of rotatable bonds is 7. The Morgan fingerprint density at radius 2 is 2.24 bits per heavy atom. The summed E-state index contributed by atoms with van der Waals surface area (Å²) in [7, 11) is 0. The summed E-state index contributed by atoms with van der Waals surface area (Å²) in [6, 6.07) is 9.76. The topological polar surface area (TPSA) is 63.2 Å². The van der Waals surface area contributed by atoms with Gasteiger partial charge in [0.25, 0.3) is 5.91 Å². The van der Waals surface area contributed by atoms with Crippen molar-refractivity contribution < 1.29 is 9.53 Å². The second-order valence-electron chi connectivity index (χ2n) is 6.60. The normalized spacial score (nSPS) is 17.4. The van der Waals surface area contributed by atoms with Crippen LogP contribution in [0.15, 0.2) is 30.3 Å². The number of para-hydroxylation sites is 1. The molecular weight excluding hydrogens is 314 g/mol. The number of nitrogens with zero attached hydrogens (tertiary/aromatic N) is 1. The van der Waals surface area contributed by atoms with Crippen molar-refractivity contribution in [2.24, 2.45) is 0 Å². The zero-order chi connectivity index (χ0) is 17.5. The molecule has 1 atom stereocenters. The lowest BCUT2D eigenvalue weighted by molar-refractivity contribution is 0.0925. The molecule has 1 aliphatic heterocycles. The molecule has 2 aromatic rings. The summed E-state index contributed by atoms with van der Waals surface area (Å²) in [6.07, 6.45) is 5.41. The molecule has 1 aromatic carbocycles. The molecule has 0 spiro atoms. The average Bonchev–Trinajstić information content (AvgIpc) is 2.65. The molecule has 134 valence electrons. The van der Waals surface area contributed by atoms with Crippen LogP contribution in [0.2, 0.25) is 0 Å². The molecule has 1 fully saturated rings. The van der Waals surface area contributed by atoms with E-state index in [9.17, 15) is 4.79 Å². The van der Waals surface area contributed by atoms with Crippen LogP contribution in [0.5, 0.6) is 5.75 Å². The number of hydrogen-bond donors (Lipinski definition) is 2. The maximum Gasteiger partial charge on any atom is 0.270 e. The van der Waals surface area contributed by atoms with E-state index in [2.05, 4.69) is 22.5 Å². The number of amides is 1. The number of benzene rings is 1. The van der Waals surface area contributed by atoms with Crippen LogP contribution in [0.1, 0.15) is 49.5 Å². The largest absolute Gasteiger partial charge is 0.493 e. The van der Waals surface area contributed by atoms with Crippen molar-refractivity contribution >= 4 is 16.8 Å². The predicted octanol–water partition coefficient (Wildman–Crippen LogP) is 3.29. The van der Waals surface area contributed by atoms with Crippen molar-refractivity contribution in [3.8, 4) is 5.75 Å². The van der Waals surface area contributed by atoms with E-state index in [1.54, 1.807) is 6.07 Å². The minimum absolute atomic E-state index is 0.127. The highest BCUT2D eigenvalue weighted by Gasteiger charge is 2.18. The van der Waals surface area contributed by atoms with E-state index in [0.717, 1.165) is 61.8 Å². The van der Waals surface area contributed by atoms with E-state index in [-0.39, 0.29) is 11.9 Å². The van der Waals surface area contributed by atoms with Crippen LogP contribution in [-0.4, -0.2) is 36.6 Å². The van der Waals surface area contributed by atoms with Crippen molar-refractivity contribution in [1.29, 1.82) is 0 Å². The standard InChI is InChI=1S/C20H27N3O2/c1-2-3-6-12-25-19-13-18(23-17-10-5-4-9-16(17)19)20(24)22-15-8-7-11-21-14-15/h4-5,9-10,13,15,21H,2-3,6-8,11-12,14H2,1H3,(H,22,24)/t15-/m1/s1. The molecule has 5 heteroatoms. The molecule has 1 aliphatic rings. The van der Waals surface area contributed by atoms with Gasteiger partial charge in [0.05, 0.1) is 12.1 Å². The number of aromatic nitrogens is 1. The molecule has 2 heterocycles. The van der Waals surface area contributed by atoms with Gasteiger partial charge < -0.3 is 15.4 Å². The summed E-state index contributed by atoms with van der Waals surface area (Å²) in [5, 5.41) is 7.35. The fourth-order valence-corrected chi connectivity index (χ4v) is 3.15. The fraction of sp³-hybridized carbons (Fsp3) is 0.500. The Labute approximate surface area is 149 Å². The number of ether oxygens (including phenoxy) is 1. The lowest BCUT2D eigenvalue weighted by Crippen LogP contribution is -2.45. The van der Waals surface area contributed by atoms with Crippen molar-refractivity contribution in [2.75, 3.05) is 19.7 Å². The van der Waals surface area contributed by atoms with Crippen LogP contribution in [0, 0.1) is 0 Å². The SMILES string of the molecule is CCCCCOc1cc(C(=O)N[C@@H]2CCCNC2)nc2ccccc12. The Kier molecular flexibility index (Phi) is 6.23. The van der Waals surface area contributed by atoms with Crippen LogP contribution < -0.4 is 15.4 Å². The molecule has 1 aromatic heterocycles. The number of fused-ring (bicyclic) bond motifs is 1. The minimum atomic E-state index is -0.127. The number of unbranched alkanes of at least 4 members (excludes halogenated alkanes) is 2. The molecular formula is C20H27N3O2. The van der Waals surface area contributed by atoms with Gasteiger partial charge in [0.2, 0.25) is 0 Å². The first-order chi connectivity index (χ1) is 12.3. The summed E-state index contributed by atoms with van der Waals surface area (Å²) in [5.41, 5.74) is 1.22. The van der Waals surface area contributed by atoms with Gasteiger partial charge in [0.1, 0.15) is 11.4 Å². The number of nitrogens with one attached hydrogen (secondary N) is 2. The Morgan fingerprint density at radius 3 is 3.04 bits per heavy atom. The van der Waals surface area contributed by atoms with E-state index < -0.39 is 0 Å². The molecule has 25 heavy (non-hydrogen) atoms. The van der Waals surface area contributed by atoms with Crippen LogP contribution in [0.3, 0.4) is 0 Å². The third kappa shape index (κ3) is 4.69. The fourth-order valence-electron chi connectivity index (χ4n) is 3.15. The minimum Gasteiger partial charge on any atom is -0.493 e. The van der Waals surface area contributed by atoms with Crippen LogP contribution in [-0.2, 0) is 0 Å². The quantitative estimate of drug-likeness (QED) is 0.759. The van der Waals surface area contributed by atoms with Crippen molar-refractivity contribution in [3.05, 3.63) is 36.0 Å². The van der Waals surface area contributed by atoms with E-state index >= 15 is 0 Å². The van der Waals surface area contributed by atoms with Crippen molar-refractivity contribution in [1.82, 2.24) is 15.6 Å². The molecule has 0 unspecified atom stereocenters. The van der Waals surface area contributed by atoms with E-state index in [0.29, 0.717) is 12.3 Å². The Morgan fingerprint density at radius 1 is 1.36 bits per heavy atom. The number of carbonyl (C=O) groups excluding carboxylic acids is 1. The van der Waals surface area contributed by atoms with E-state index in [4.69, 9.17) is 4.74 Å². The predicted molar refractivity (Wildman–Crippen MR) is 100 cm³/mol. The number of carbonyl (C=O) groups is 1. The van der Waals surface area contributed by atoms with Crippen LogP contribution in [0.4, 0.5) is 0 Å². The zero-order valence-corrected chi connectivity index (χ0v) is 14.9. The van der Waals surface area contributed by atoms with E-state index in [1.165, 1.54) is 0 Å². The van der Waals surface area contributed by atoms with Gasteiger partial charge in [-0.1, -0.05) is 31.9 Å².